The molecule has 2 N–H and O–H groups in total. The minimum atomic E-state index is -0.681. The predicted octanol–water partition coefficient (Wildman–Crippen LogP) is 0.936. The molecule has 0 radical (unpaired) electrons. The van der Waals surface area contributed by atoms with Gasteiger partial charge in [0.05, 0.1) is 6.04 Å². The number of hydrogen-bond donors (Lipinski definition) is 2. The Hall–Kier alpha value is -2.09. The number of aromatic nitrogens is 2. The Morgan fingerprint density at radius 1 is 1.28 bits per heavy atom. The second-order valence-corrected chi connectivity index (χ2v) is 6.06. The van der Waals surface area contributed by atoms with Gasteiger partial charge in [-0.1, -0.05) is 29.8 Å². The van der Waals surface area contributed by atoms with Crippen LogP contribution >= 0.6 is 24.0 Å². The second-order valence-electron chi connectivity index (χ2n) is 5.65. The number of hydrogen-bond acceptors (Lipinski definition) is 4. The number of nitrogens with one attached hydrogen (secondary N) is 2. The lowest BCUT2D eigenvalue weighted by atomic mass is 10.0. The standard InChI is InChI=1S/C16H17ClN4O3.ClH/c1-20-9-11(14(22)19-16(20)24)15(23)21-7-6-18-8-13(21)10-4-2-3-5-12(10)17;/h2-5,9,13,18H,6-8H2,1H3,(H,19,22,24);1H. The van der Waals surface area contributed by atoms with Crippen LogP contribution in [0.3, 0.4) is 0 Å². The van der Waals surface area contributed by atoms with Crippen molar-refractivity contribution in [1.29, 1.82) is 0 Å². The molecule has 1 unspecified atom stereocenters. The Bertz CT molecular complexity index is 893. The average Bonchev–Trinajstić information content (AvgIpc) is 2.58. The number of amides is 1. The Kier molecular flexibility index (Phi) is 6.05. The molecule has 2 heterocycles. The molecule has 1 aliphatic heterocycles. The molecule has 2 aromatic rings. The van der Waals surface area contributed by atoms with E-state index in [2.05, 4.69) is 10.3 Å². The number of halogens is 2. The Labute approximate surface area is 155 Å². The summed E-state index contributed by atoms with van der Waals surface area (Å²) in [6.45, 7) is 1.60. The molecule has 1 fully saturated rings. The van der Waals surface area contributed by atoms with Crippen molar-refractivity contribution >= 4 is 29.9 Å². The fraction of sp³-hybridized carbons (Fsp3) is 0.312. The maximum Gasteiger partial charge on any atom is 0.328 e. The van der Waals surface area contributed by atoms with Crippen LogP contribution in [0, 0.1) is 0 Å². The van der Waals surface area contributed by atoms with Gasteiger partial charge in [0.1, 0.15) is 5.56 Å². The van der Waals surface area contributed by atoms with E-state index < -0.39 is 17.2 Å². The zero-order valence-electron chi connectivity index (χ0n) is 13.5. The third-order valence-corrected chi connectivity index (χ3v) is 4.45. The second kappa shape index (κ2) is 7.86. The van der Waals surface area contributed by atoms with Crippen molar-refractivity contribution in [2.75, 3.05) is 19.6 Å². The smallest absolute Gasteiger partial charge is 0.328 e. The molecule has 1 saturated heterocycles. The summed E-state index contributed by atoms with van der Waals surface area (Å²) in [7, 11) is 1.48. The van der Waals surface area contributed by atoms with Gasteiger partial charge in [0.15, 0.2) is 0 Å². The van der Waals surface area contributed by atoms with E-state index in [0.29, 0.717) is 24.7 Å². The van der Waals surface area contributed by atoms with Gasteiger partial charge in [-0.25, -0.2) is 4.79 Å². The zero-order valence-corrected chi connectivity index (χ0v) is 15.1. The van der Waals surface area contributed by atoms with Crippen LogP contribution in [0.5, 0.6) is 0 Å². The third-order valence-electron chi connectivity index (χ3n) is 4.11. The van der Waals surface area contributed by atoms with Crippen LogP contribution in [0.1, 0.15) is 22.0 Å². The number of piperazine rings is 1. The largest absolute Gasteiger partial charge is 0.329 e. The fourth-order valence-electron chi connectivity index (χ4n) is 2.84. The molecule has 1 aromatic carbocycles. The lowest BCUT2D eigenvalue weighted by Gasteiger charge is -2.36. The maximum atomic E-state index is 12.9. The summed E-state index contributed by atoms with van der Waals surface area (Å²) in [4.78, 5) is 40.2. The summed E-state index contributed by atoms with van der Waals surface area (Å²) < 4.78 is 1.18. The lowest BCUT2D eigenvalue weighted by Crippen LogP contribution is -2.50. The summed E-state index contributed by atoms with van der Waals surface area (Å²) in [5.74, 6) is -0.418. The number of H-pyrrole nitrogens is 1. The summed E-state index contributed by atoms with van der Waals surface area (Å²) in [5, 5.41) is 3.81. The van der Waals surface area contributed by atoms with Crippen LogP contribution in [0.2, 0.25) is 5.02 Å². The summed E-state index contributed by atoms with van der Waals surface area (Å²) in [5.41, 5.74) is -0.476. The molecule has 0 saturated carbocycles. The van der Waals surface area contributed by atoms with E-state index in [9.17, 15) is 14.4 Å². The highest BCUT2D eigenvalue weighted by atomic mass is 35.5. The topological polar surface area (TPSA) is 87.2 Å². The molecule has 1 atom stereocenters. The van der Waals surface area contributed by atoms with Crippen LogP contribution in [-0.2, 0) is 7.05 Å². The summed E-state index contributed by atoms with van der Waals surface area (Å²) >= 11 is 6.27. The molecular formula is C16H18Cl2N4O3. The van der Waals surface area contributed by atoms with Gasteiger partial charge >= 0.3 is 5.69 Å². The van der Waals surface area contributed by atoms with Gasteiger partial charge in [-0.15, -0.1) is 12.4 Å². The number of benzene rings is 1. The van der Waals surface area contributed by atoms with E-state index in [-0.39, 0.29) is 24.0 Å². The van der Waals surface area contributed by atoms with E-state index in [1.54, 1.807) is 11.0 Å². The first kappa shape index (κ1) is 19.2. The van der Waals surface area contributed by atoms with Crippen LogP contribution in [-0.4, -0.2) is 40.0 Å². The van der Waals surface area contributed by atoms with Gasteiger partial charge in [0.2, 0.25) is 0 Å². The van der Waals surface area contributed by atoms with Crippen molar-refractivity contribution in [2.24, 2.45) is 7.05 Å². The number of carbonyl (C=O) groups is 1. The molecule has 9 heteroatoms. The van der Waals surface area contributed by atoms with Crippen LogP contribution in [0.25, 0.3) is 0 Å². The molecule has 1 amide bonds. The van der Waals surface area contributed by atoms with Gasteiger partial charge in [-0.2, -0.15) is 0 Å². The van der Waals surface area contributed by atoms with Crippen molar-refractivity contribution in [3.05, 3.63) is 67.4 Å². The fourth-order valence-corrected chi connectivity index (χ4v) is 3.10. The van der Waals surface area contributed by atoms with Crippen molar-refractivity contribution in [1.82, 2.24) is 19.8 Å². The Morgan fingerprint density at radius 2 is 2.00 bits per heavy atom. The normalized spacial score (nSPS) is 17.0. The number of aryl methyl sites for hydroxylation is 1. The van der Waals surface area contributed by atoms with Crippen LogP contribution in [0.4, 0.5) is 0 Å². The van der Waals surface area contributed by atoms with E-state index >= 15 is 0 Å². The molecule has 0 bridgehead atoms. The van der Waals surface area contributed by atoms with Crippen molar-refractivity contribution in [3.63, 3.8) is 0 Å². The highest BCUT2D eigenvalue weighted by Crippen LogP contribution is 2.29. The SMILES string of the molecule is Cl.Cn1cc(C(=O)N2CCNCC2c2ccccc2Cl)c(=O)[nH]c1=O. The van der Waals surface area contributed by atoms with Gasteiger partial charge in [0, 0.05) is 37.9 Å². The van der Waals surface area contributed by atoms with E-state index in [1.807, 2.05) is 18.2 Å². The average molecular weight is 385 g/mol. The highest BCUT2D eigenvalue weighted by Gasteiger charge is 2.31. The van der Waals surface area contributed by atoms with E-state index in [0.717, 1.165) is 5.56 Å². The first-order chi connectivity index (χ1) is 11.5. The van der Waals surface area contributed by atoms with Gasteiger partial charge < -0.3 is 14.8 Å². The van der Waals surface area contributed by atoms with Crippen molar-refractivity contribution in [2.45, 2.75) is 6.04 Å². The summed E-state index contributed by atoms with van der Waals surface area (Å²) in [6, 6.07) is 7.04. The third kappa shape index (κ3) is 3.78. The van der Waals surface area contributed by atoms with E-state index in [4.69, 9.17) is 11.6 Å². The molecule has 7 nitrogen and oxygen atoms in total. The van der Waals surface area contributed by atoms with Crippen molar-refractivity contribution in [3.8, 4) is 0 Å². The minimum Gasteiger partial charge on any atom is -0.329 e. The first-order valence-corrected chi connectivity index (χ1v) is 7.93. The maximum absolute atomic E-state index is 12.9. The van der Waals surface area contributed by atoms with Gasteiger partial charge in [-0.05, 0) is 11.6 Å². The van der Waals surface area contributed by atoms with Crippen LogP contribution in [0.15, 0.2) is 40.1 Å². The lowest BCUT2D eigenvalue weighted by molar-refractivity contribution is 0.0631. The number of nitrogens with zero attached hydrogens (tertiary/aromatic N) is 2. The molecule has 1 aromatic heterocycles. The number of aromatic amines is 1. The Morgan fingerprint density at radius 3 is 2.72 bits per heavy atom. The summed E-state index contributed by atoms with van der Waals surface area (Å²) in [6.07, 6.45) is 1.27. The van der Waals surface area contributed by atoms with Gasteiger partial charge in [-0.3, -0.25) is 14.6 Å². The Balaban J connectivity index is 0.00000225. The molecule has 1 aliphatic rings. The van der Waals surface area contributed by atoms with E-state index in [1.165, 1.54) is 17.8 Å². The molecule has 25 heavy (non-hydrogen) atoms. The van der Waals surface area contributed by atoms with Crippen molar-refractivity contribution < 1.29 is 4.79 Å². The highest BCUT2D eigenvalue weighted by molar-refractivity contribution is 6.31. The minimum absolute atomic E-state index is 0. The molecule has 0 aliphatic carbocycles. The number of rotatable bonds is 2. The zero-order chi connectivity index (χ0) is 17.3. The first-order valence-electron chi connectivity index (χ1n) is 7.55. The molecule has 134 valence electrons. The predicted molar refractivity (Wildman–Crippen MR) is 97.7 cm³/mol. The molecule has 0 spiro atoms. The quantitative estimate of drug-likeness (QED) is 0.806. The molecular weight excluding hydrogens is 367 g/mol. The number of carbonyl (C=O) groups excluding carboxylic acids is 1. The monoisotopic (exact) mass is 384 g/mol. The van der Waals surface area contributed by atoms with Gasteiger partial charge in [0.25, 0.3) is 11.5 Å². The van der Waals surface area contributed by atoms with Crippen LogP contribution < -0.4 is 16.6 Å². The molecule has 3 rings (SSSR count).